The predicted molar refractivity (Wildman–Crippen MR) is 113 cm³/mol. The van der Waals surface area contributed by atoms with Crippen LogP contribution in [0.15, 0.2) is 35.5 Å². The quantitative estimate of drug-likeness (QED) is 0.612. The van der Waals surface area contributed by atoms with Crippen LogP contribution in [0.5, 0.6) is 0 Å². The summed E-state index contributed by atoms with van der Waals surface area (Å²) in [4.78, 5) is 8.90. The Bertz CT molecular complexity index is 833. The van der Waals surface area contributed by atoms with E-state index in [4.69, 9.17) is 11.5 Å². The molecule has 150 valence electrons. The molecule has 28 heavy (non-hydrogen) atoms. The number of nitrogens with two attached hydrogens (primary N) is 2. The summed E-state index contributed by atoms with van der Waals surface area (Å²) < 4.78 is 1.92. The molecule has 3 heterocycles. The molecule has 7 heteroatoms. The van der Waals surface area contributed by atoms with E-state index in [-0.39, 0.29) is 0 Å². The molecule has 0 saturated carbocycles. The molecule has 6 N–H and O–H groups in total. The lowest BCUT2D eigenvalue weighted by Gasteiger charge is -2.33. The number of benzene rings is 1. The van der Waals surface area contributed by atoms with Crippen LogP contribution in [0.4, 0.5) is 0 Å². The average molecular weight is 382 g/mol. The highest BCUT2D eigenvalue weighted by Crippen LogP contribution is 2.26. The maximum absolute atomic E-state index is 6.44. The summed E-state index contributed by atoms with van der Waals surface area (Å²) in [7, 11) is 0. The fraction of sp³-hybridized carbons (Fsp3) is 0.524. The second kappa shape index (κ2) is 7.93. The van der Waals surface area contributed by atoms with Crippen molar-refractivity contribution in [1.82, 2.24) is 15.0 Å². The summed E-state index contributed by atoms with van der Waals surface area (Å²) in [5.74, 6) is 0.831. The molecule has 2 aliphatic heterocycles. The van der Waals surface area contributed by atoms with Gasteiger partial charge in [-0.3, -0.25) is 11.2 Å². The molecule has 1 aromatic heterocycles. The van der Waals surface area contributed by atoms with Gasteiger partial charge >= 0.3 is 0 Å². The summed E-state index contributed by atoms with van der Waals surface area (Å²) in [6.07, 6.45) is 7.83. The Kier molecular flexibility index (Phi) is 5.37. The first-order valence-electron chi connectivity index (χ1n) is 10.4. The van der Waals surface area contributed by atoms with E-state index in [9.17, 15) is 0 Å². The molecule has 4 rings (SSSR count). The minimum absolute atomic E-state index is 0.393. The molecule has 1 saturated heterocycles. The van der Waals surface area contributed by atoms with Crippen LogP contribution >= 0.6 is 0 Å². The van der Waals surface area contributed by atoms with Crippen LogP contribution in [0.3, 0.4) is 0 Å². The molecule has 0 spiro atoms. The molecule has 2 aliphatic rings. The summed E-state index contributed by atoms with van der Waals surface area (Å²) in [5.41, 5.74) is 19.6. The second-order valence-electron chi connectivity index (χ2n) is 7.99. The van der Waals surface area contributed by atoms with Gasteiger partial charge in [-0.2, -0.15) is 0 Å². The number of imidazole rings is 1. The maximum atomic E-state index is 6.44. The minimum atomic E-state index is -0.874. The third kappa shape index (κ3) is 3.91. The smallest absolute Gasteiger partial charge is 0.198 e. The lowest BCUT2D eigenvalue weighted by molar-refractivity contribution is 0.397. The van der Waals surface area contributed by atoms with Crippen LogP contribution in [0, 0.1) is 0 Å². The fourth-order valence-electron chi connectivity index (χ4n) is 4.13. The SMILES string of the molecule is CCCCC1(N)N=C(N)c2ncc(Cc3ccc(C4CCNCC4)cc3)n2N1. The highest BCUT2D eigenvalue weighted by atomic mass is 15.6. The second-order valence-corrected chi connectivity index (χ2v) is 7.99. The summed E-state index contributed by atoms with van der Waals surface area (Å²) >= 11 is 0. The molecular formula is C21H31N7. The number of nitrogens with one attached hydrogen (secondary N) is 2. The van der Waals surface area contributed by atoms with Gasteiger partial charge in [0, 0.05) is 12.8 Å². The predicted octanol–water partition coefficient (Wildman–Crippen LogP) is 2.01. The highest BCUT2D eigenvalue weighted by Gasteiger charge is 2.31. The number of piperidine rings is 1. The lowest BCUT2D eigenvalue weighted by Crippen LogP contribution is -2.55. The molecule has 0 aliphatic carbocycles. The highest BCUT2D eigenvalue weighted by molar-refractivity contribution is 5.95. The van der Waals surface area contributed by atoms with Gasteiger partial charge in [0.25, 0.3) is 0 Å². The number of unbranched alkanes of at least 4 members (excludes halogenated alkanes) is 1. The lowest BCUT2D eigenvalue weighted by atomic mass is 9.89. The van der Waals surface area contributed by atoms with Crippen LogP contribution < -0.4 is 22.2 Å². The minimum Gasteiger partial charge on any atom is -0.381 e. The van der Waals surface area contributed by atoms with Crippen LogP contribution in [0.25, 0.3) is 0 Å². The Morgan fingerprint density at radius 1 is 1.21 bits per heavy atom. The van der Waals surface area contributed by atoms with E-state index >= 15 is 0 Å². The number of aromatic nitrogens is 2. The van der Waals surface area contributed by atoms with E-state index in [2.05, 4.69) is 51.9 Å². The number of aliphatic imine (C=N–C) groups is 1. The zero-order valence-corrected chi connectivity index (χ0v) is 16.6. The first-order valence-corrected chi connectivity index (χ1v) is 10.4. The van der Waals surface area contributed by atoms with Crippen molar-refractivity contribution in [3.8, 4) is 0 Å². The van der Waals surface area contributed by atoms with E-state index in [0.29, 0.717) is 17.6 Å². The van der Waals surface area contributed by atoms with Crippen molar-refractivity contribution in [2.45, 2.75) is 57.2 Å². The van der Waals surface area contributed by atoms with Crippen LogP contribution in [-0.2, 0) is 6.42 Å². The fourth-order valence-corrected chi connectivity index (χ4v) is 4.13. The summed E-state index contributed by atoms with van der Waals surface area (Å²) in [6, 6.07) is 9.00. The Morgan fingerprint density at radius 2 is 1.96 bits per heavy atom. The molecule has 1 fully saturated rings. The van der Waals surface area contributed by atoms with E-state index in [0.717, 1.165) is 44.5 Å². The van der Waals surface area contributed by atoms with E-state index in [1.165, 1.54) is 24.0 Å². The van der Waals surface area contributed by atoms with Crippen molar-refractivity contribution in [2.24, 2.45) is 16.5 Å². The number of hydrogen-bond donors (Lipinski definition) is 4. The standard InChI is InChI=1S/C21H31N7/c1-2-3-10-21(23)26-19(22)20-25-14-18(28(20)27-21)13-15-4-6-16(7-5-15)17-8-11-24-12-9-17/h4-7,14,17,24,27H,2-3,8-13,23H2,1H3,(H2,22,26). The van der Waals surface area contributed by atoms with Gasteiger partial charge in [0.2, 0.25) is 0 Å². The molecule has 1 unspecified atom stereocenters. The van der Waals surface area contributed by atoms with Gasteiger partial charge in [-0.05, 0) is 49.4 Å². The molecule has 0 amide bonds. The Balaban J connectivity index is 1.50. The molecule has 2 aromatic rings. The van der Waals surface area contributed by atoms with Crippen molar-refractivity contribution in [2.75, 3.05) is 18.5 Å². The first-order chi connectivity index (χ1) is 13.6. The molecule has 1 atom stereocenters. The van der Waals surface area contributed by atoms with Crippen molar-refractivity contribution in [1.29, 1.82) is 0 Å². The molecule has 0 bridgehead atoms. The Morgan fingerprint density at radius 3 is 2.68 bits per heavy atom. The van der Waals surface area contributed by atoms with Crippen LogP contribution in [0.1, 0.15) is 67.6 Å². The number of amidine groups is 1. The van der Waals surface area contributed by atoms with E-state index in [1.54, 1.807) is 0 Å². The molecule has 0 radical (unpaired) electrons. The first kappa shape index (κ1) is 19.0. The Labute approximate surface area is 166 Å². The van der Waals surface area contributed by atoms with Gasteiger partial charge in [0.1, 0.15) is 0 Å². The van der Waals surface area contributed by atoms with Crippen molar-refractivity contribution >= 4 is 5.84 Å². The van der Waals surface area contributed by atoms with Gasteiger partial charge in [0.05, 0.1) is 11.9 Å². The number of rotatable bonds is 6. The summed E-state index contributed by atoms with van der Waals surface area (Å²) in [6.45, 7) is 4.37. The maximum Gasteiger partial charge on any atom is 0.198 e. The summed E-state index contributed by atoms with van der Waals surface area (Å²) in [5, 5.41) is 3.43. The monoisotopic (exact) mass is 381 g/mol. The van der Waals surface area contributed by atoms with Gasteiger partial charge in [-0.25, -0.2) is 14.7 Å². The molecule has 1 aromatic carbocycles. The zero-order chi connectivity index (χ0) is 19.6. The number of nitrogens with zero attached hydrogens (tertiary/aromatic N) is 3. The average Bonchev–Trinajstić information content (AvgIpc) is 3.10. The van der Waals surface area contributed by atoms with Gasteiger partial charge in [-0.15, -0.1) is 0 Å². The van der Waals surface area contributed by atoms with Gasteiger partial charge in [-0.1, -0.05) is 37.6 Å². The van der Waals surface area contributed by atoms with Gasteiger partial charge in [0.15, 0.2) is 17.4 Å². The Hall–Kier alpha value is -2.38. The normalized spacial score (nSPS) is 22.4. The zero-order valence-electron chi connectivity index (χ0n) is 16.6. The van der Waals surface area contributed by atoms with E-state index in [1.807, 2.05) is 10.9 Å². The third-order valence-corrected chi connectivity index (χ3v) is 5.78. The van der Waals surface area contributed by atoms with Crippen LogP contribution in [-0.4, -0.2) is 34.4 Å². The third-order valence-electron chi connectivity index (χ3n) is 5.78. The number of fused-ring (bicyclic) bond motifs is 1. The van der Waals surface area contributed by atoms with Crippen LogP contribution in [0.2, 0.25) is 0 Å². The molecule has 7 nitrogen and oxygen atoms in total. The van der Waals surface area contributed by atoms with Crippen molar-refractivity contribution in [3.63, 3.8) is 0 Å². The number of hydrogen-bond acceptors (Lipinski definition) is 6. The van der Waals surface area contributed by atoms with Crippen molar-refractivity contribution in [3.05, 3.63) is 53.1 Å². The van der Waals surface area contributed by atoms with Gasteiger partial charge < -0.3 is 11.1 Å². The molecular weight excluding hydrogens is 350 g/mol. The van der Waals surface area contributed by atoms with Crippen molar-refractivity contribution < 1.29 is 0 Å². The topological polar surface area (TPSA) is 106 Å². The largest absolute Gasteiger partial charge is 0.381 e. The van der Waals surface area contributed by atoms with E-state index < -0.39 is 5.79 Å².